The number of halogens is 3. The first kappa shape index (κ1) is 13.5. The standard InChI is InChI=1S/C13H12F3NO2/c1-8-6-9-4-2-3-5-11(9)17(8)7-10(12(18)19)13(14,15)16/h2-6,10H,7H2,1H3,(H,18,19). The first-order valence-electron chi connectivity index (χ1n) is 5.65. The normalized spacial score (nSPS) is 13.7. The van der Waals surface area contributed by atoms with Crippen molar-refractivity contribution in [1.82, 2.24) is 4.57 Å². The quantitative estimate of drug-likeness (QED) is 0.931. The molecule has 102 valence electrons. The lowest BCUT2D eigenvalue weighted by molar-refractivity contribution is -0.195. The molecular formula is C13H12F3NO2. The van der Waals surface area contributed by atoms with Gasteiger partial charge in [0, 0.05) is 17.8 Å². The average molecular weight is 271 g/mol. The zero-order valence-electron chi connectivity index (χ0n) is 10.1. The van der Waals surface area contributed by atoms with E-state index in [0.29, 0.717) is 11.2 Å². The van der Waals surface area contributed by atoms with Crippen molar-refractivity contribution in [2.24, 2.45) is 5.92 Å². The number of rotatable bonds is 3. The van der Waals surface area contributed by atoms with Gasteiger partial charge in [-0.1, -0.05) is 18.2 Å². The molecule has 0 bridgehead atoms. The Bertz CT molecular complexity index is 616. The van der Waals surface area contributed by atoms with Crippen molar-refractivity contribution in [3.05, 3.63) is 36.0 Å². The second-order valence-corrected chi connectivity index (χ2v) is 4.39. The van der Waals surface area contributed by atoms with Gasteiger partial charge in [-0.3, -0.25) is 4.79 Å². The number of carbonyl (C=O) groups is 1. The maximum absolute atomic E-state index is 12.7. The zero-order valence-corrected chi connectivity index (χ0v) is 10.1. The summed E-state index contributed by atoms with van der Waals surface area (Å²) in [7, 11) is 0. The average Bonchev–Trinajstić information content (AvgIpc) is 2.59. The lowest BCUT2D eigenvalue weighted by Crippen LogP contribution is -2.34. The van der Waals surface area contributed by atoms with Crippen LogP contribution in [0.3, 0.4) is 0 Å². The molecule has 1 aromatic heterocycles. The summed E-state index contributed by atoms with van der Waals surface area (Å²) < 4.78 is 39.5. The lowest BCUT2D eigenvalue weighted by Gasteiger charge is -2.18. The second-order valence-electron chi connectivity index (χ2n) is 4.39. The molecule has 2 aromatic rings. The highest BCUT2D eigenvalue weighted by atomic mass is 19.4. The summed E-state index contributed by atoms with van der Waals surface area (Å²) in [4.78, 5) is 10.8. The minimum absolute atomic E-state index is 0.607. The van der Waals surface area contributed by atoms with Crippen LogP contribution in [-0.2, 0) is 11.3 Å². The van der Waals surface area contributed by atoms with Gasteiger partial charge in [0.05, 0.1) is 0 Å². The predicted octanol–water partition coefficient (Wildman–Crippen LogP) is 3.21. The highest BCUT2D eigenvalue weighted by Gasteiger charge is 2.45. The summed E-state index contributed by atoms with van der Waals surface area (Å²) in [5.41, 5.74) is 1.22. The van der Waals surface area contributed by atoms with Gasteiger partial charge in [-0.2, -0.15) is 13.2 Å². The Labute approximate surface area is 107 Å². The molecule has 6 heteroatoms. The molecular weight excluding hydrogens is 259 g/mol. The van der Waals surface area contributed by atoms with Gasteiger partial charge in [-0.15, -0.1) is 0 Å². The van der Waals surface area contributed by atoms with Gasteiger partial charge in [0.25, 0.3) is 0 Å². The molecule has 0 spiro atoms. The van der Waals surface area contributed by atoms with E-state index in [4.69, 9.17) is 5.11 Å². The van der Waals surface area contributed by atoms with E-state index in [9.17, 15) is 18.0 Å². The number of carboxylic acid groups (broad SMARTS) is 1. The fourth-order valence-electron chi connectivity index (χ4n) is 2.09. The number of para-hydroxylation sites is 1. The molecule has 0 saturated carbocycles. The van der Waals surface area contributed by atoms with Crippen molar-refractivity contribution in [2.75, 3.05) is 0 Å². The maximum atomic E-state index is 12.7. The molecule has 19 heavy (non-hydrogen) atoms. The molecule has 0 aliphatic heterocycles. The van der Waals surface area contributed by atoms with Crippen molar-refractivity contribution in [1.29, 1.82) is 0 Å². The summed E-state index contributed by atoms with van der Waals surface area (Å²) in [5, 5.41) is 9.53. The Balaban J connectivity index is 2.45. The van der Waals surface area contributed by atoms with Gasteiger partial charge in [0.2, 0.25) is 0 Å². The maximum Gasteiger partial charge on any atom is 0.403 e. The lowest BCUT2D eigenvalue weighted by atomic mass is 10.1. The van der Waals surface area contributed by atoms with E-state index in [1.807, 2.05) is 0 Å². The topological polar surface area (TPSA) is 42.2 Å². The number of hydrogen-bond donors (Lipinski definition) is 1. The van der Waals surface area contributed by atoms with E-state index >= 15 is 0 Å². The molecule has 1 N–H and O–H groups in total. The van der Waals surface area contributed by atoms with Crippen LogP contribution >= 0.6 is 0 Å². The number of benzene rings is 1. The smallest absolute Gasteiger partial charge is 0.403 e. The fourth-order valence-corrected chi connectivity index (χ4v) is 2.09. The van der Waals surface area contributed by atoms with E-state index in [1.54, 1.807) is 37.3 Å². The summed E-state index contributed by atoms with van der Waals surface area (Å²) >= 11 is 0. The Morgan fingerprint density at radius 2 is 2.00 bits per heavy atom. The number of carboxylic acids is 1. The molecule has 1 aromatic carbocycles. The van der Waals surface area contributed by atoms with Gasteiger partial charge in [0.15, 0.2) is 5.92 Å². The first-order chi connectivity index (χ1) is 8.80. The van der Waals surface area contributed by atoms with Gasteiger partial charge in [-0.05, 0) is 24.4 Å². The van der Waals surface area contributed by atoms with E-state index < -0.39 is 24.6 Å². The number of nitrogens with zero attached hydrogens (tertiary/aromatic N) is 1. The Morgan fingerprint density at radius 3 is 2.58 bits per heavy atom. The van der Waals surface area contributed by atoms with E-state index in [1.165, 1.54) is 4.57 Å². The van der Waals surface area contributed by atoms with Gasteiger partial charge in [0.1, 0.15) is 0 Å². The van der Waals surface area contributed by atoms with Crippen LogP contribution in [0.4, 0.5) is 13.2 Å². The van der Waals surface area contributed by atoms with Crippen molar-refractivity contribution in [3.63, 3.8) is 0 Å². The van der Waals surface area contributed by atoms with Crippen LogP contribution < -0.4 is 0 Å². The van der Waals surface area contributed by atoms with Crippen LogP contribution in [-0.4, -0.2) is 21.8 Å². The zero-order chi connectivity index (χ0) is 14.2. The van der Waals surface area contributed by atoms with Crippen LogP contribution in [0, 0.1) is 12.8 Å². The molecule has 0 aliphatic carbocycles. The Kier molecular flexibility index (Phi) is 3.26. The van der Waals surface area contributed by atoms with Crippen molar-refractivity contribution in [3.8, 4) is 0 Å². The number of alkyl halides is 3. The first-order valence-corrected chi connectivity index (χ1v) is 5.65. The number of aliphatic carboxylic acids is 1. The summed E-state index contributed by atoms with van der Waals surface area (Å²) in [5.74, 6) is -4.26. The molecule has 0 amide bonds. The minimum atomic E-state index is -4.76. The summed E-state index contributed by atoms with van der Waals surface area (Å²) in [6.07, 6.45) is -4.76. The summed E-state index contributed by atoms with van der Waals surface area (Å²) in [6.45, 7) is 1.05. The van der Waals surface area contributed by atoms with Gasteiger partial charge >= 0.3 is 12.1 Å². The second kappa shape index (κ2) is 4.60. The predicted molar refractivity (Wildman–Crippen MR) is 63.9 cm³/mol. The number of fused-ring (bicyclic) bond motifs is 1. The van der Waals surface area contributed by atoms with Crippen molar-refractivity contribution < 1.29 is 23.1 Å². The Morgan fingerprint density at radius 1 is 1.37 bits per heavy atom. The number of aromatic nitrogens is 1. The van der Waals surface area contributed by atoms with E-state index in [2.05, 4.69) is 0 Å². The number of aryl methyl sites for hydroxylation is 1. The molecule has 1 atom stereocenters. The SMILES string of the molecule is Cc1cc2ccccc2n1CC(C(=O)O)C(F)(F)F. The molecule has 1 unspecified atom stereocenters. The van der Waals surface area contributed by atoms with Crippen molar-refractivity contribution >= 4 is 16.9 Å². The molecule has 0 fully saturated rings. The van der Waals surface area contributed by atoms with Crippen molar-refractivity contribution in [2.45, 2.75) is 19.6 Å². The largest absolute Gasteiger partial charge is 0.481 e. The molecule has 3 nitrogen and oxygen atoms in total. The van der Waals surface area contributed by atoms with E-state index in [-0.39, 0.29) is 0 Å². The van der Waals surface area contributed by atoms with Crippen LogP contribution in [0.2, 0.25) is 0 Å². The fraction of sp³-hybridized carbons (Fsp3) is 0.308. The third-order valence-corrected chi connectivity index (χ3v) is 3.08. The molecule has 1 heterocycles. The van der Waals surface area contributed by atoms with Gasteiger partial charge < -0.3 is 9.67 Å². The number of hydrogen-bond acceptors (Lipinski definition) is 1. The molecule has 0 saturated heterocycles. The highest BCUT2D eigenvalue weighted by Crippen LogP contribution is 2.30. The minimum Gasteiger partial charge on any atom is -0.481 e. The van der Waals surface area contributed by atoms with E-state index in [0.717, 1.165) is 5.39 Å². The third kappa shape index (κ3) is 2.57. The molecule has 0 radical (unpaired) electrons. The van der Waals surface area contributed by atoms with Crippen LogP contribution in [0.25, 0.3) is 10.9 Å². The third-order valence-electron chi connectivity index (χ3n) is 3.08. The molecule has 2 rings (SSSR count). The van der Waals surface area contributed by atoms with Crippen LogP contribution in [0.15, 0.2) is 30.3 Å². The molecule has 0 aliphatic rings. The Hall–Kier alpha value is -1.98. The van der Waals surface area contributed by atoms with Gasteiger partial charge in [-0.25, -0.2) is 0 Å². The van der Waals surface area contributed by atoms with Crippen LogP contribution in [0.5, 0.6) is 0 Å². The van der Waals surface area contributed by atoms with Crippen LogP contribution in [0.1, 0.15) is 5.69 Å². The highest BCUT2D eigenvalue weighted by molar-refractivity contribution is 5.81. The summed E-state index contributed by atoms with van der Waals surface area (Å²) in [6, 6.07) is 8.69. The monoisotopic (exact) mass is 271 g/mol.